The van der Waals surface area contributed by atoms with Crippen molar-refractivity contribution >= 4 is 17.3 Å². The van der Waals surface area contributed by atoms with Crippen LogP contribution in [-0.4, -0.2) is 14.5 Å². The monoisotopic (exact) mass is 248 g/mol. The summed E-state index contributed by atoms with van der Waals surface area (Å²) in [7, 11) is 0. The van der Waals surface area contributed by atoms with Gasteiger partial charge in [0.25, 0.3) is 0 Å². The Bertz CT molecular complexity index is 562. The van der Waals surface area contributed by atoms with E-state index in [-0.39, 0.29) is 0 Å². The molecule has 1 aliphatic rings. The van der Waals surface area contributed by atoms with Crippen LogP contribution in [0.1, 0.15) is 24.2 Å². The second-order valence-corrected chi connectivity index (χ2v) is 4.70. The van der Waals surface area contributed by atoms with Gasteiger partial charge in [0, 0.05) is 5.69 Å². The molecular formula is C12H13ClN4. The van der Waals surface area contributed by atoms with Gasteiger partial charge in [0.15, 0.2) is 5.82 Å². The van der Waals surface area contributed by atoms with Crippen LogP contribution in [0.15, 0.2) is 18.6 Å². The predicted molar refractivity (Wildman–Crippen MR) is 67.4 cm³/mol. The minimum Gasteiger partial charge on any atom is -0.397 e. The van der Waals surface area contributed by atoms with Crippen molar-refractivity contribution in [3.05, 3.63) is 35.0 Å². The van der Waals surface area contributed by atoms with Crippen molar-refractivity contribution in [2.45, 2.75) is 25.7 Å². The van der Waals surface area contributed by atoms with E-state index in [1.807, 2.05) is 4.57 Å². The van der Waals surface area contributed by atoms with E-state index in [4.69, 9.17) is 17.3 Å². The second-order valence-electron chi connectivity index (χ2n) is 4.29. The number of rotatable bonds is 1. The summed E-state index contributed by atoms with van der Waals surface area (Å²) in [6, 6.07) is 1.72. The smallest absolute Gasteiger partial charge is 0.157 e. The highest BCUT2D eigenvalue weighted by Gasteiger charge is 2.17. The molecule has 0 aromatic carbocycles. The third-order valence-electron chi connectivity index (χ3n) is 3.10. The molecule has 1 aliphatic carbocycles. The fourth-order valence-electron chi connectivity index (χ4n) is 2.27. The number of imidazole rings is 1. The Morgan fingerprint density at radius 1 is 1.24 bits per heavy atom. The summed E-state index contributed by atoms with van der Waals surface area (Å²) in [5, 5.41) is 0.566. The average Bonchev–Trinajstić information content (AvgIpc) is 2.73. The van der Waals surface area contributed by atoms with E-state index in [1.165, 1.54) is 24.2 Å². The summed E-state index contributed by atoms with van der Waals surface area (Å²) < 4.78 is 1.98. The molecule has 0 amide bonds. The molecule has 3 rings (SSSR count). The van der Waals surface area contributed by atoms with Crippen LogP contribution in [0.4, 0.5) is 5.69 Å². The molecule has 88 valence electrons. The van der Waals surface area contributed by atoms with E-state index in [9.17, 15) is 0 Å². The fraction of sp³-hybridized carbons (Fsp3) is 0.333. The average molecular weight is 249 g/mol. The third kappa shape index (κ3) is 1.78. The molecule has 0 saturated heterocycles. The van der Waals surface area contributed by atoms with Crippen LogP contribution < -0.4 is 5.73 Å². The molecule has 0 unspecified atom stereocenters. The Balaban J connectivity index is 2.12. The highest BCUT2D eigenvalue weighted by molar-refractivity contribution is 6.32. The largest absolute Gasteiger partial charge is 0.397 e. The third-order valence-corrected chi connectivity index (χ3v) is 3.38. The Labute approximate surface area is 104 Å². The van der Waals surface area contributed by atoms with Crippen molar-refractivity contribution < 1.29 is 0 Å². The normalized spacial score (nSPS) is 14.6. The van der Waals surface area contributed by atoms with Crippen LogP contribution in [0, 0.1) is 0 Å². The SMILES string of the molecule is Nc1cnc(-n2cnc3c2CCCC3)c(Cl)c1. The summed E-state index contributed by atoms with van der Waals surface area (Å²) in [5.41, 5.74) is 8.63. The number of nitrogen functional groups attached to an aromatic ring is 1. The van der Waals surface area contributed by atoms with Gasteiger partial charge in [-0.25, -0.2) is 9.97 Å². The van der Waals surface area contributed by atoms with Gasteiger partial charge in [0.05, 0.1) is 22.6 Å². The molecule has 0 bridgehead atoms. The van der Waals surface area contributed by atoms with Gasteiger partial charge >= 0.3 is 0 Å². The highest BCUT2D eigenvalue weighted by atomic mass is 35.5. The molecule has 0 saturated carbocycles. The first kappa shape index (κ1) is 10.6. The lowest BCUT2D eigenvalue weighted by molar-refractivity contribution is 0.654. The van der Waals surface area contributed by atoms with E-state index in [0.717, 1.165) is 18.7 Å². The van der Waals surface area contributed by atoms with Crippen LogP contribution in [0.2, 0.25) is 5.02 Å². The zero-order chi connectivity index (χ0) is 11.8. The zero-order valence-corrected chi connectivity index (χ0v) is 10.1. The second kappa shape index (κ2) is 4.04. The summed E-state index contributed by atoms with van der Waals surface area (Å²) in [6.07, 6.45) is 7.93. The molecule has 4 nitrogen and oxygen atoms in total. The number of anilines is 1. The van der Waals surface area contributed by atoms with Crippen molar-refractivity contribution in [3.63, 3.8) is 0 Å². The van der Waals surface area contributed by atoms with Crippen LogP contribution in [-0.2, 0) is 12.8 Å². The first-order chi connectivity index (χ1) is 8.25. The van der Waals surface area contributed by atoms with Crippen molar-refractivity contribution in [1.29, 1.82) is 0 Å². The lowest BCUT2D eigenvalue weighted by atomic mass is 10.0. The Morgan fingerprint density at radius 3 is 2.88 bits per heavy atom. The fourth-order valence-corrected chi connectivity index (χ4v) is 2.54. The summed E-state index contributed by atoms with van der Waals surface area (Å²) in [6.45, 7) is 0. The Hall–Kier alpha value is -1.55. The first-order valence-electron chi connectivity index (χ1n) is 5.72. The van der Waals surface area contributed by atoms with Gasteiger partial charge in [0.1, 0.15) is 6.33 Å². The molecule has 17 heavy (non-hydrogen) atoms. The molecule has 0 spiro atoms. The van der Waals surface area contributed by atoms with Crippen LogP contribution in [0.3, 0.4) is 0 Å². The van der Waals surface area contributed by atoms with Gasteiger partial charge in [-0.3, -0.25) is 4.57 Å². The van der Waals surface area contributed by atoms with Crippen molar-refractivity contribution in [2.24, 2.45) is 0 Å². The van der Waals surface area contributed by atoms with Crippen molar-refractivity contribution in [1.82, 2.24) is 14.5 Å². The highest BCUT2D eigenvalue weighted by Crippen LogP contribution is 2.26. The molecule has 0 fully saturated rings. The maximum Gasteiger partial charge on any atom is 0.157 e. The number of hydrogen-bond donors (Lipinski definition) is 1. The van der Waals surface area contributed by atoms with E-state index in [2.05, 4.69) is 9.97 Å². The minimum absolute atomic E-state index is 0.566. The summed E-state index contributed by atoms with van der Waals surface area (Å²) in [4.78, 5) is 8.72. The molecule has 0 aliphatic heterocycles. The number of nitrogens with zero attached hydrogens (tertiary/aromatic N) is 3. The van der Waals surface area contributed by atoms with Crippen molar-refractivity contribution in [3.8, 4) is 5.82 Å². The van der Waals surface area contributed by atoms with Gasteiger partial charge in [-0.1, -0.05) is 11.6 Å². The quantitative estimate of drug-likeness (QED) is 0.843. The maximum absolute atomic E-state index is 6.17. The van der Waals surface area contributed by atoms with Gasteiger partial charge in [-0.2, -0.15) is 0 Å². The van der Waals surface area contributed by atoms with Crippen LogP contribution in [0.25, 0.3) is 5.82 Å². The molecular weight excluding hydrogens is 236 g/mol. The van der Waals surface area contributed by atoms with Gasteiger partial charge in [0.2, 0.25) is 0 Å². The standard InChI is InChI=1S/C12H13ClN4/c13-9-5-8(14)6-15-12(9)17-7-16-10-3-1-2-4-11(10)17/h5-7H,1-4,14H2. The number of nitrogens with two attached hydrogens (primary N) is 1. The topological polar surface area (TPSA) is 56.7 Å². The predicted octanol–water partition coefficient (Wildman–Crippen LogP) is 2.38. The molecule has 0 radical (unpaired) electrons. The maximum atomic E-state index is 6.17. The lowest BCUT2D eigenvalue weighted by Crippen LogP contribution is -2.08. The van der Waals surface area contributed by atoms with Crippen LogP contribution in [0.5, 0.6) is 0 Å². The number of pyridine rings is 1. The Morgan fingerprint density at radius 2 is 2.06 bits per heavy atom. The molecule has 2 heterocycles. The summed E-state index contributed by atoms with van der Waals surface area (Å²) in [5.74, 6) is 0.719. The van der Waals surface area contributed by atoms with Gasteiger partial charge in [-0.15, -0.1) is 0 Å². The first-order valence-corrected chi connectivity index (χ1v) is 6.10. The lowest BCUT2D eigenvalue weighted by Gasteiger charge is -2.14. The van der Waals surface area contributed by atoms with Gasteiger partial charge < -0.3 is 5.73 Å². The molecule has 0 atom stereocenters. The van der Waals surface area contributed by atoms with E-state index >= 15 is 0 Å². The number of fused-ring (bicyclic) bond motifs is 1. The number of halogens is 1. The number of hydrogen-bond acceptors (Lipinski definition) is 3. The van der Waals surface area contributed by atoms with E-state index < -0.39 is 0 Å². The van der Waals surface area contributed by atoms with Gasteiger partial charge in [-0.05, 0) is 31.7 Å². The number of aromatic nitrogens is 3. The molecule has 2 aromatic rings. The molecule has 2 aromatic heterocycles. The summed E-state index contributed by atoms with van der Waals surface area (Å²) >= 11 is 6.17. The van der Waals surface area contributed by atoms with E-state index in [1.54, 1.807) is 18.6 Å². The van der Waals surface area contributed by atoms with Crippen molar-refractivity contribution in [2.75, 3.05) is 5.73 Å². The number of aryl methyl sites for hydroxylation is 1. The molecule has 2 N–H and O–H groups in total. The van der Waals surface area contributed by atoms with E-state index in [0.29, 0.717) is 10.7 Å². The molecule has 5 heteroatoms. The minimum atomic E-state index is 0.566. The zero-order valence-electron chi connectivity index (χ0n) is 9.36. The van der Waals surface area contributed by atoms with Crippen LogP contribution >= 0.6 is 11.6 Å². The Kier molecular flexibility index (Phi) is 2.52.